The number of benzene rings is 2. The van der Waals surface area contributed by atoms with Crippen LogP contribution in [0.25, 0.3) is 16.8 Å². The van der Waals surface area contributed by atoms with Crippen molar-refractivity contribution >= 4 is 17.6 Å². The van der Waals surface area contributed by atoms with E-state index in [1.165, 1.54) is 17.0 Å². The molecule has 3 aliphatic rings. The maximum absolute atomic E-state index is 13.7. The Kier molecular flexibility index (Phi) is 7.16. The number of hydrogen-bond acceptors (Lipinski definition) is 5. The van der Waals surface area contributed by atoms with Crippen molar-refractivity contribution in [1.82, 2.24) is 20.0 Å². The Hall–Kier alpha value is -4.32. The van der Waals surface area contributed by atoms with E-state index in [0.29, 0.717) is 30.8 Å². The first kappa shape index (κ1) is 26.9. The Morgan fingerprint density at radius 1 is 1.07 bits per heavy atom. The molecule has 2 aliphatic carbocycles. The SMILES string of the molecule is N#CC1(CC(=O)[C@@H]2CCCC[C@H]2c2nn(-c3ccc(F)cc3)cc2-c2ccc(C(=O)N3CCNC(=O)C3)cc2)CC1. The predicted octanol–water partition coefficient (Wildman–Crippen LogP) is 4.79. The molecule has 0 bridgehead atoms. The first-order valence-corrected chi connectivity index (χ1v) is 14.3. The first-order chi connectivity index (χ1) is 19.9. The molecule has 0 unspecified atom stereocenters. The highest BCUT2D eigenvalue weighted by Gasteiger charge is 2.47. The zero-order valence-electron chi connectivity index (χ0n) is 22.8. The quantitative estimate of drug-likeness (QED) is 0.453. The number of hydrogen-bond donors (Lipinski definition) is 1. The molecular weight excluding hydrogens is 521 g/mol. The number of piperazine rings is 1. The summed E-state index contributed by atoms with van der Waals surface area (Å²) in [6, 6.07) is 15.7. The van der Waals surface area contributed by atoms with E-state index in [4.69, 9.17) is 5.10 Å². The lowest BCUT2D eigenvalue weighted by Crippen LogP contribution is -2.49. The van der Waals surface area contributed by atoms with Crippen LogP contribution >= 0.6 is 0 Å². The summed E-state index contributed by atoms with van der Waals surface area (Å²) in [7, 11) is 0. The molecule has 1 aromatic heterocycles. The second-order valence-corrected chi connectivity index (χ2v) is 11.5. The summed E-state index contributed by atoms with van der Waals surface area (Å²) >= 11 is 0. The fourth-order valence-electron chi connectivity index (χ4n) is 6.18. The Bertz CT molecular complexity index is 1520. The molecule has 0 radical (unpaired) electrons. The predicted molar refractivity (Wildman–Crippen MR) is 149 cm³/mol. The zero-order chi connectivity index (χ0) is 28.6. The molecule has 1 saturated heterocycles. The third-order valence-electron chi connectivity index (χ3n) is 8.74. The standard InChI is InChI=1S/C32H32FN5O3/c33-23-9-11-24(12-10-23)38-18-27(21-5-7-22(8-6-21)31(41)37-16-15-35-29(40)19-37)30(36-38)26-4-2-1-3-25(26)28(39)17-32(20-34)13-14-32/h5-12,18,25-26H,1-4,13-17,19H2,(H,35,40)/t25-,26-/m1/s1. The zero-order valence-corrected chi connectivity index (χ0v) is 22.8. The molecule has 9 heteroatoms. The van der Waals surface area contributed by atoms with Gasteiger partial charge < -0.3 is 10.2 Å². The minimum Gasteiger partial charge on any atom is -0.353 e. The van der Waals surface area contributed by atoms with Gasteiger partial charge in [0.05, 0.1) is 29.4 Å². The van der Waals surface area contributed by atoms with Gasteiger partial charge in [0.2, 0.25) is 5.91 Å². The Morgan fingerprint density at radius 2 is 1.80 bits per heavy atom. The molecule has 1 N–H and O–H groups in total. The molecule has 41 heavy (non-hydrogen) atoms. The number of carbonyl (C=O) groups excluding carboxylic acids is 3. The van der Waals surface area contributed by atoms with Crippen LogP contribution < -0.4 is 5.32 Å². The Morgan fingerprint density at radius 3 is 2.49 bits per heavy atom. The molecule has 2 saturated carbocycles. The summed E-state index contributed by atoms with van der Waals surface area (Å²) in [5.41, 5.74) is 3.22. The lowest BCUT2D eigenvalue weighted by Gasteiger charge is -2.30. The van der Waals surface area contributed by atoms with E-state index in [-0.39, 0.29) is 41.8 Å². The summed E-state index contributed by atoms with van der Waals surface area (Å²) < 4.78 is 15.4. The minimum absolute atomic E-state index is 0.0410. The highest BCUT2D eigenvalue weighted by Crippen LogP contribution is 2.51. The second-order valence-electron chi connectivity index (χ2n) is 11.5. The van der Waals surface area contributed by atoms with Crippen LogP contribution in [0.1, 0.15) is 66.9 Å². The van der Waals surface area contributed by atoms with E-state index in [1.807, 2.05) is 18.3 Å². The van der Waals surface area contributed by atoms with Crippen LogP contribution in [0, 0.1) is 28.5 Å². The number of amides is 2. The molecule has 1 aliphatic heterocycles. The third-order valence-corrected chi connectivity index (χ3v) is 8.74. The van der Waals surface area contributed by atoms with Crippen LogP contribution in [0.3, 0.4) is 0 Å². The van der Waals surface area contributed by atoms with Gasteiger partial charge in [0.1, 0.15) is 11.6 Å². The fraction of sp³-hybridized carbons (Fsp3) is 0.406. The fourth-order valence-corrected chi connectivity index (χ4v) is 6.18. The van der Waals surface area contributed by atoms with Crippen molar-refractivity contribution in [2.45, 2.75) is 50.9 Å². The van der Waals surface area contributed by atoms with Gasteiger partial charge in [-0.05, 0) is 67.6 Å². The average Bonchev–Trinajstić information content (AvgIpc) is 3.63. The monoisotopic (exact) mass is 553 g/mol. The van der Waals surface area contributed by atoms with Crippen LogP contribution in [0.15, 0.2) is 54.7 Å². The number of carbonyl (C=O) groups is 3. The summed E-state index contributed by atoms with van der Waals surface area (Å²) in [5, 5.41) is 17.3. The highest BCUT2D eigenvalue weighted by atomic mass is 19.1. The molecule has 2 atom stereocenters. The first-order valence-electron chi connectivity index (χ1n) is 14.3. The topological polar surface area (TPSA) is 108 Å². The maximum Gasteiger partial charge on any atom is 0.254 e. The number of nitriles is 1. The number of Topliss-reactive ketones (excluding diaryl/α,β-unsaturated/α-hetero) is 1. The van der Waals surface area contributed by atoms with Crippen LogP contribution in [0.5, 0.6) is 0 Å². The third kappa shape index (κ3) is 5.51. The van der Waals surface area contributed by atoms with Crippen LogP contribution in [0.4, 0.5) is 4.39 Å². The minimum atomic E-state index is -0.493. The van der Waals surface area contributed by atoms with E-state index in [2.05, 4.69) is 11.4 Å². The molecule has 2 amide bonds. The van der Waals surface area contributed by atoms with Gasteiger partial charge in [-0.2, -0.15) is 10.4 Å². The summed E-state index contributed by atoms with van der Waals surface area (Å²) in [5.74, 6) is -0.873. The van der Waals surface area contributed by atoms with E-state index in [9.17, 15) is 24.0 Å². The molecule has 2 aromatic carbocycles. The van der Waals surface area contributed by atoms with Crippen molar-refractivity contribution in [2.24, 2.45) is 11.3 Å². The largest absolute Gasteiger partial charge is 0.353 e. The van der Waals surface area contributed by atoms with E-state index >= 15 is 0 Å². The van der Waals surface area contributed by atoms with Gasteiger partial charge in [0.15, 0.2) is 0 Å². The molecule has 0 spiro atoms. The molecule has 2 heterocycles. The van der Waals surface area contributed by atoms with E-state index in [0.717, 1.165) is 55.3 Å². The molecule has 210 valence electrons. The number of nitrogens with zero attached hydrogens (tertiary/aromatic N) is 4. The smallest absolute Gasteiger partial charge is 0.254 e. The van der Waals surface area contributed by atoms with Crippen LogP contribution in [-0.2, 0) is 9.59 Å². The summed E-state index contributed by atoms with van der Waals surface area (Å²) in [4.78, 5) is 39.9. The lowest BCUT2D eigenvalue weighted by atomic mass is 9.72. The lowest BCUT2D eigenvalue weighted by molar-refractivity contribution is -0.125. The molecule has 8 nitrogen and oxygen atoms in total. The van der Waals surface area contributed by atoms with Crippen molar-refractivity contribution in [2.75, 3.05) is 19.6 Å². The number of rotatable bonds is 7. The number of ketones is 1. The summed E-state index contributed by atoms with van der Waals surface area (Å²) in [6.07, 6.45) is 7.30. The summed E-state index contributed by atoms with van der Waals surface area (Å²) in [6.45, 7) is 0.940. The van der Waals surface area contributed by atoms with Gasteiger partial charge in [-0.15, -0.1) is 0 Å². The normalized spacial score (nSPS) is 21.6. The van der Waals surface area contributed by atoms with Crippen LogP contribution in [-0.4, -0.2) is 51.9 Å². The van der Waals surface area contributed by atoms with Crippen molar-refractivity contribution in [3.8, 4) is 22.9 Å². The number of aromatic nitrogens is 2. The number of halogens is 1. The van der Waals surface area contributed by atoms with Gasteiger partial charge >= 0.3 is 0 Å². The molecule has 6 rings (SSSR count). The van der Waals surface area contributed by atoms with Gasteiger partial charge in [0.25, 0.3) is 5.91 Å². The van der Waals surface area contributed by atoms with Crippen molar-refractivity contribution in [1.29, 1.82) is 5.26 Å². The molecule has 3 fully saturated rings. The van der Waals surface area contributed by atoms with Gasteiger partial charge in [-0.1, -0.05) is 25.0 Å². The van der Waals surface area contributed by atoms with Crippen molar-refractivity contribution in [3.63, 3.8) is 0 Å². The van der Waals surface area contributed by atoms with Gasteiger partial charge in [0, 0.05) is 48.7 Å². The highest BCUT2D eigenvalue weighted by molar-refractivity contribution is 5.97. The van der Waals surface area contributed by atoms with Crippen LogP contribution in [0.2, 0.25) is 0 Å². The Balaban J connectivity index is 1.34. The second kappa shape index (κ2) is 10.9. The van der Waals surface area contributed by atoms with Gasteiger partial charge in [-0.3, -0.25) is 14.4 Å². The molecular formula is C32H32FN5O3. The van der Waals surface area contributed by atoms with E-state index < -0.39 is 5.41 Å². The van der Waals surface area contributed by atoms with Gasteiger partial charge in [-0.25, -0.2) is 9.07 Å². The Labute approximate surface area is 238 Å². The average molecular weight is 554 g/mol. The van der Waals surface area contributed by atoms with Crippen molar-refractivity contribution < 1.29 is 18.8 Å². The number of nitrogens with one attached hydrogen (secondary N) is 1. The molecule has 3 aromatic rings. The van der Waals surface area contributed by atoms with Crippen molar-refractivity contribution in [3.05, 3.63) is 71.8 Å². The maximum atomic E-state index is 13.7. The van der Waals surface area contributed by atoms with E-state index in [1.54, 1.807) is 28.9 Å².